The summed E-state index contributed by atoms with van der Waals surface area (Å²) in [5, 5.41) is 2.82. The Morgan fingerprint density at radius 1 is 1.28 bits per heavy atom. The van der Waals surface area contributed by atoms with Crippen molar-refractivity contribution in [3.63, 3.8) is 0 Å². The number of thiazole rings is 1. The average Bonchev–Trinajstić information content (AvgIpc) is 3.00. The molecule has 2 aromatic rings. The number of benzene rings is 1. The quantitative estimate of drug-likeness (QED) is 0.736. The molecular formula is C19H18FN3OS. The molecule has 0 aliphatic carbocycles. The highest BCUT2D eigenvalue weighted by molar-refractivity contribution is 7.10. The third-order valence-corrected chi connectivity index (χ3v) is 5.30. The maximum absolute atomic E-state index is 13.7. The van der Waals surface area contributed by atoms with Gasteiger partial charge in [-0.15, -0.1) is 11.3 Å². The molecular weight excluding hydrogens is 337 g/mol. The van der Waals surface area contributed by atoms with Crippen LogP contribution in [0.25, 0.3) is 10.4 Å². The maximum Gasteiger partial charge on any atom is 0.272 e. The van der Waals surface area contributed by atoms with Gasteiger partial charge in [0.1, 0.15) is 16.6 Å². The molecule has 4 nitrogen and oxygen atoms in total. The summed E-state index contributed by atoms with van der Waals surface area (Å²) >= 11 is 1.53. The van der Waals surface area contributed by atoms with Gasteiger partial charge in [-0.1, -0.05) is 6.07 Å². The van der Waals surface area contributed by atoms with Crippen molar-refractivity contribution in [1.82, 2.24) is 4.98 Å². The molecule has 1 aromatic carbocycles. The lowest BCUT2D eigenvalue weighted by Gasteiger charge is -2.27. The summed E-state index contributed by atoms with van der Waals surface area (Å²) in [6, 6.07) is 3.99. The maximum atomic E-state index is 13.7. The molecule has 1 aliphatic rings. The Morgan fingerprint density at radius 3 is 2.64 bits per heavy atom. The molecule has 128 valence electrons. The first-order valence-electron chi connectivity index (χ1n) is 7.84. The molecule has 1 aliphatic heterocycles. The van der Waals surface area contributed by atoms with Crippen LogP contribution in [0.1, 0.15) is 36.0 Å². The minimum absolute atomic E-state index is 0.295. The van der Waals surface area contributed by atoms with Gasteiger partial charge in [-0.2, -0.15) is 0 Å². The Hall–Kier alpha value is -2.52. The highest BCUT2D eigenvalue weighted by atomic mass is 32.1. The van der Waals surface area contributed by atoms with Crippen molar-refractivity contribution in [3.05, 3.63) is 62.8 Å². The highest BCUT2D eigenvalue weighted by Crippen LogP contribution is 2.45. The number of aromatic nitrogens is 1. The Morgan fingerprint density at radius 2 is 2.04 bits per heavy atom. The molecule has 6 heteroatoms. The Kier molecular flexibility index (Phi) is 4.69. The van der Waals surface area contributed by atoms with Crippen LogP contribution in [0.2, 0.25) is 0 Å². The second kappa shape index (κ2) is 6.77. The van der Waals surface area contributed by atoms with E-state index in [4.69, 9.17) is 11.3 Å². The third kappa shape index (κ3) is 3.08. The lowest BCUT2D eigenvalue weighted by molar-refractivity contribution is 0.404. The van der Waals surface area contributed by atoms with Crippen molar-refractivity contribution in [2.45, 2.75) is 32.7 Å². The zero-order chi connectivity index (χ0) is 18.1. The van der Waals surface area contributed by atoms with Crippen molar-refractivity contribution in [2.24, 2.45) is 4.99 Å². The van der Waals surface area contributed by atoms with E-state index in [-0.39, 0.29) is 11.7 Å². The molecule has 3 rings (SSSR count). The molecule has 2 unspecified atom stereocenters. The summed E-state index contributed by atoms with van der Waals surface area (Å²) in [5.41, 5.74) is 4.20. The lowest BCUT2D eigenvalue weighted by Crippen LogP contribution is -2.28. The van der Waals surface area contributed by atoms with Crippen LogP contribution in [-0.2, 0) is 0 Å². The lowest BCUT2D eigenvalue weighted by atomic mass is 9.80. The number of halogens is 1. The number of nitrogens with zero attached hydrogens (tertiary/aromatic N) is 3. The number of rotatable bonds is 3. The van der Waals surface area contributed by atoms with Crippen LogP contribution in [0.3, 0.4) is 0 Å². The van der Waals surface area contributed by atoms with E-state index in [1.165, 1.54) is 30.6 Å². The van der Waals surface area contributed by atoms with Crippen LogP contribution >= 0.6 is 11.3 Å². The molecule has 0 amide bonds. The van der Waals surface area contributed by atoms with Gasteiger partial charge in [0.05, 0.1) is 18.7 Å². The van der Waals surface area contributed by atoms with E-state index in [2.05, 4.69) is 14.8 Å². The predicted molar refractivity (Wildman–Crippen MR) is 98.6 cm³/mol. The molecule has 0 N–H and O–H groups in total. The minimum atomic E-state index is -0.470. The number of methoxy groups -OCH3 is 1. The number of ether oxygens (including phenoxy) is 1. The minimum Gasteiger partial charge on any atom is -0.496 e. The summed E-state index contributed by atoms with van der Waals surface area (Å²) in [4.78, 5) is 13.0. The van der Waals surface area contributed by atoms with Crippen molar-refractivity contribution >= 4 is 22.6 Å². The monoisotopic (exact) mass is 355 g/mol. The van der Waals surface area contributed by atoms with Gasteiger partial charge in [0.15, 0.2) is 0 Å². The van der Waals surface area contributed by atoms with E-state index < -0.39 is 6.04 Å². The molecule has 0 radical (unpaired) electrons. The number of hydrogen-bond donors (Lipinski definition) is 0. The predicted octanol–water partition coefficient (Wildman–Crippen LogP) is 4.88. The zero-order valence-corrected chi connectivity index (χ0v) is 15.3. The van der Waals surface area contributed by atoms with Crippen molar-refractivity contribution in [3.8, 4) is 5.75 Å². The highest BCUT2D eigenvalue weighted by Gasteiger charge is 2.41. The SMILES string of the molecule is [C-]#[N+]C1C(C)=NC(C)=C(c2nc(C)cs2)C1c1ccc(F)cc1OC. The number of aryl methyl sites for hydroxylation is 1. The van der Waals surface area contributed by atoms with Gasteiger partial charge in [0.2, 0.25) is 0 Å². The Balaban J connectivity index is 2.26. The summed E-state index contributed by atoms with van der Waals surface area (Å²) < 4.78 is 19.1. The Bertz CT molecular complexity index is 923. The van der Waals surface area contributed by atoms with Crippen LogP contribution in [0.15, 0.2) is 34.3 Å². The third-order valence-electron chi connectivity index (χ3n) is 4.31. The smallest absolute Gasteiger partial charge is 0.272 e. The summed E-state index contributed by atoms with van der Waals surface area (Å²) in [6.45, 7) is 13.4. The molecule has 0 fully saturated rings. The van der Waals surface area contributed by atoms with E-state index in [1.54, 1.807) is 6.07 Å². The van der Waals surface area contributed by atoms with E-state index in [0.29, 0.717) is 5.75 Å². The summed E-state index contributed by atoms with van der Waals surface area (Å²) in [5.74, 6) is -0.225. The summed E-state index contributed by atoms with van der Waals surface area (Å²) in [7, 11) is 1.51. The average molecular weight is 355 g/mol. The van der Waals surface area contributed by atoms with E-state index in [0.717, 1.165) is 33.2 Å². The fourth-order valence-electron chi connectivity index (χ4n) is 3.22. The van der Waals surface area contributed by atoms with Gasteiger partial charge in [-0.3, -0.25) is 4.99 Å². The van der Waals surface area contributed by atoms with Crippen LogP contribution in [0.5, 0.6) is 5.75 Å². The van der Waals surface area contributed by atoms with Crippen LogP contribution in [0, 0.1) is 19.3 Å². The molecule has 0 bridgehead atoms. The molecule has 0 saturated heterocycles. The van der Waals surface area contributed by atoms with Crippen molar-refractivity contribution in [2.75, 3.05) is 7.11 Å². The van der Waals surface area contributed by atoms with E-state index >= 15 is 0 Å². The molecule has 0 spiro atoms. The van der Waals surface area contributed by atoms with Gasteiger partial charge in [-0.05, 0) is 26.8 Å². The first-order valence-corrected chi connectivity index (χ1v) is 8.72. The largest absolute Gasteiger partial charge is 0.496 e. The normalized spacial score (nSPS) is 20.2. The van der Waals surface area contributed by atoms with Crippen LogP contribution in [-0.4, -0.2) is 23.8 Å². The molecule has 25 heavy (non-hydrogen) atoms. The van der Waals surface area contributed by atoms with Crippen molar-refractivity contribution < 1.29 is 9.13 Å². The van der Waals surface area contributed by atoms with Gasteiger partial charge in [-0.25, -0.2) is 15.9 Å². The number of allylic oxidation sites excluding steroid dienone is 1. The van der Waals surface area contributed by atoms with Gasteiger partial charge in [0.25, 0.3) is 6.04 Å². The zero-order valence-electron chi connectivity index (χ0n) is 14.5. The molecule has 1 aromatic heterocycles. The topological polar surface area (TPSA) is 38.8 Å². The first-order chi connectivity index (χ1) is 12.0. The van der Waals surface area contributed by atoms with E-state index in [1.807, 2.05) is 26.2 Å². The second-order valence-corrected chi connectivity index (χ2v) is 6.84. The fraction of sp³-hybridized carbons (Fsp3) is 0.316. The molecule has 0 saturated carbocycles. The standard InChI is InChI=1S/C19H18FN3OS/c1-10-9-25-19(22-10)16-11(2)23-12(3)18(21-4)17(16)14-7-6-13(20)8-15(14)24-5/h6-9,17-18H,1-3,5H3. The number of hydrogen-bond acceptors (Lipinski definition) is 4. The van der Waals surface area contributed by atoms with Gasteiger partial charge >= 0.3 is 0 Å². The second-order valence-electron chi connectivity index (χ2n) is 5.98. The fourth-order valence-corrected chi connectivity index (χ4v) is 4.15. The van der Waals surface area contributed by atoms with E-state index in [9.17, 15) is 4.39 Å². The van der Waals surface area contributed by atoms with Gasteiger partial charge in [0, 0.05) is 34.0 Å². The molecule has 2 heterocycles. The Labute approximate surface area is 150 Å². The molecule has 2 atom stereocenters. The summed E-state index contributed by atoms with van der Waals surface area (Å²) in [6.07, 6.45) is 0. The van der Waals surface area contributed by atoms with Crippen LogP contribution in [0.4, 0.5) is 4.39 Å². The first kappa shape index (κ1) is 17.3. The van der Waals surface area contributed by atoms with Crippen molar-refractivity contribution in [1.29, 1.82) is 0 Å². The van der Waals surface area contributed by atoms with Gasteiger partial charge < -0.3 is 9.58 Å². The number of aliphatic imine (C=N–C) groups is 1. The van der Waals surface area contributed by atoms with Crippen LogP contribution < -0.4 is 4.74 Å².